The zero-order chi connectivity index (χ0) is 11.4. The highest BCUT2D eigenvalue weighted by Gasteiger charge is 2.11. The Hall–Kier alpha value is -2.05. The molecule has 7 nitrogen and oxygen atoms in total. The molecule has 0 aliphatic carbocycles. The van der Waals surface area contributed by atoms with Crippen LogP contribution in [0, 0.1) is 0 Å². The molecule has 7 heteroatoms. The Morgan fingerprint density at radius 1 is 1.60 bits per heavy atom. The van der Waals surface area contributed by atoms with Gasteiger partial charge in [-0.25, -0.2) is 4.79 Å². The number of rotatable bonds is 4. The second-order valence-electron chi connectivity index (χ2n) is 2.98. The van der Waals surface area contributed by atoms with Crippen molar-refractivity contribution in [1.29, 1.82) is 0 Å². The maximum absolute atomic E-state index is 11.1. The normalized spacial score (nSPS) is 9.73. The third-order valence-electron chi connectivity index (χ3n) is 1.61. The van der Waals surface area contributed by atoms with Gasteiger partial charge in [-0.2, -0.15) is 4.98 Å². The Balaban J connectivity index is 2.51. The number of carboxylic acids is 1. The monoisotopic (exact) mass is 213 g/mol. The van der Waals surface area contributed by atoms with Gasteiger partial charge in [-0.05, 0) is 0 Å². The molecular formula is C8H11N3O4. The Morgan fingerprint density at radius 3 is 2.73 bits per heavy atom. The van der Waals surface area contributed by atoms with Gasteiger partial charge in [0.15, 0.2) is 5.69 Å². The topological polar surface area (TPSA) is 95.7 Å². The van der Waals surface area contributed by atoms with Crippen molar-refractivity contribution in [2.45, 2.75) is 0 Å². The summed E-state index contributed by atoms with van der Waals surface area (Å²) in [6, 6.07) is 0.0163. The molecule has 1 heterocycles. The second-order valence-corrected chi connectivity index (χ2v) is 2.98. The Kier molecular flexibility index (Phi) is 3.27. The van der Waals surface area contributed by atoms with Crippen molar-refractivity contribution in [3.05, 3.63) is 12.0 Å². The number of hydrogen-bond donors (Lipinski definition) is 2. The number of aromatic carboxylic acids is 1. The summed E-state index contributed by atoms with van der Waals surface area (Å²) in [5, 5.41) is 11.1. The summed E-state index contributed by atoms with van der Waals surface area (Å²) in [4.78, 5) is 26.6. The van der Waals surface area contributed by atoms with E-state index in [9.17, 15) is 9.59 Å². The molecule has 0 atom stereocenters. The van der Waals surface area contributed by atoms with Crippen LogP contribution in [0.1, 0.15) is 10.5 Å². The van der Waals surface area contributed by atoms with E-state index in [1.54, 1.807) is 14.1 Å². The molecule has 1 rings (SSSR count). The number of carboxylic acid groups (broad SMARTS) is 1. The first kappa shape index (κ1) is 11.0. The van der Waals surface area contributed by atoms with Crippen LogP contribution in [0.5, 0.6) is 0 Å². The largest absolute Gasteiger partial charge is 0.476 e. The van der Waals surface area contributed by atoms with Gasteiger partial charge in [0.2, 0.25) is 5.91 Å². The third-order valence-corrected chi connectivity index (χ3v) is 1.61. The van der Waals surface area contributed by atoms with Gasteiger partial charge >= 0.3 is 5.97 Å². The van der Waals surface area contributed by atoms with Gasteiger partial charge in [0.05, 0.1) is 6.54 Å². The molecule has 15 heavy (non-hydrogen) atoms. The molecule has 0 aliphatic heterocycles. The van der Waals surface area contributed by atoms with Crippen molar-refractivity contribution in [3.63, 3.8) is 0 Å². The first-order valence-corrected chi connectivity index (χ1v) is 4.13. The summed E-state index contributed by atoms with van der Waals surface area (Å²) in [6.07, 6.45) is 1.00. The summed E-state index contributed by atoms with van der Waals surface area (Å²) >= 11 is 0. The number of likely N-dealkylation sites (N-methyl/N-ethyl adjacent to an activating group) is 1. The predicted octanol–water partition coefficient (Wildman–Crippen LogP) is -0.127. The van der Waals surface area contributed by atoms with Crippen molar-refractivity contribution in [2.24, 2.45) is 0 Å². The van der Waals surface area contributed by atoms with Crippen LogP contribution in [-0.4, -0.2) is 47.5 Å². The lowest BCUT2D eigenvalue weighted by Crippen LogP contribution is -2.28. The van der Waals surface area contributed by atoms with E-state index in [-0.39, 0.29) is 24.2 Å². The average Bonchev–Trinajstić information content (AvgIpc) is 2.62. The highest BCUT2D eigenvalue weighted by atomic mass is 16.4. The van der Waals surface area contributed by atoms with E-state index in [1.165, 1.54) is 4.90 Å². The Morgan fingerprint density at radius 2 is 2.27 bits per heavy atom. The van der Waals surface area contributed by atoms with Crippen molar-refractivity contribution in [2.75, 3.05) is 26.0 Å². The van der Waals surface area contributed by atoms with Gasteiger partial charge in [-0.15, -0.1) is 0 Å². The SMILES string of the molecule is CN(C)C(=O)CNc1nc(C(=O)O)co1. The lowest BCUT2D eigenvalue weighted by atomic mass is 10.5. The van der Waals surface area contributed by atoms with E-state index in [0.29, 0.717) is 0 Å². The van der Waals surface area contributed by atoms with Crippen molar-refractivity contribution < 1.29 is 19.1 Å². The molecule has 1 aromatic rings. The highest BCUT2D eigenvalue weighted by molar-refractivity contribution is 5.85. The Labute approximate surface area is 85.7 Å². The van der Waals surface area contributed by atoms with Crippen LogP contribution >= 0.6 is 0 Å². The van der Waals surface area contributed by atoms with Crippen LogP contribution in [0.3, 0.4) is 0 Å². The van der Waals surface area contributed by atoms with Crippen molar-refractivity contribution in [3.8, 4) is 0 Å². The van der Waals surface area contributed by atoms with Crippen LogP contribution in [-0.2, 0) is 4.79 Å². The summed E-state index contributed by atoms with van der Waals surface area (Å²) in [5.74, 6) is -1.34. The van der Waals surface area contributed by atoms with E-state index >= 15 is 0 Å². The van der Waals surface area contributed by atoms with Crippen LogP contribution in [0.25, 0.3) is 0 Å². The number of anilines is 1. The first-order valence-electron chi connectivity index (χ1n) is 4.13. The number of nitrogens with zero attached hydrogens (tertiary/aromatic N) is 2. The number of aromatic nitrogens is 1. The quantitative estimate of drug-likeness (QED) is 0.723. The molecule has 0 saturated carbocycles. The van der Waals surface area contributed by atoms with E-state index < -0.39 is 5.97 Å². The fourth-order valence-electron chi connectivity index (χ4n) is 0.762. The molecular weight excluding hydrogens is 202 g/mol. The van der Waals surface area contributed by atoms with Gasteiger partial charge in [0, 0.05) is 14.1 Å². The standard InChI is InChI=1S/C8H11N3O4/c1-11(2)6(12)3-9-8-10-5(4-15-8)7(13)14/h4H,3H2,1-2H3,(H,9,10)(H,13,14). The number of carbonyl (C=O) groups is 2. The van der Waals surface area contributed by atoms with Gasteiger partial charge < -0.3 is 19.7 Å². The molecule has 1 aromatic heterocycles. The second kappa shape index (κ2) is 4.45. The van der Waals surface area contributed by atoms with Crippen LogP contribution in [0.15, 0.2) is 10.7 Å². The molecule has 0 fully saturated rings. The highest BCUT2D eigenvalue weighted by Crippen LogP contribution is 2.06. The fraction of sp³-hybridized carbons (Fsp3) is 0.375. The maximum atomic E-state index is 11.1. The van der Waals surface area contributed by atoms with E-state index in [4.69, 9.17) is 9.52 Å². The third kappa shape index (κ3) is 2.97. The molecule has 0 radical (unpaired) electrons. The molecule has 0 unspecified atom stereocenters. The summed E-state index contributed by atoms with van der Waals surface area (Å²) in [6.45, 7) is 0.00652. The predicted molar refractivity (Wildman–Crippen MR) is 50.6 cm³/mol. The van der Waals surface area contributed by atoms with Gasteiger partial charge in [-0.3, -0.25) is 4.79 Å². The molecule has 82 valence electrons. The molecule has 0 aliphatic rings. The number of hydrogen-bond acceptors (Lipinski definition) is 5. The van der Waals surface area contributed by atoms with Gasteiger partial charge in [-0.1, -0.05) is 0 Å². The van der Waals surface area contributed by atoms with E-state index in [0.717, 1.165) is 6.26 Å². The van der Waals surface area contributed by atoms with E-state index in [1.807, 2.05) is 0 Å². The number of amides is 1. The van der Waals surface area contributed by atoms with Crippen LogP contribution < -0.4 is 5.32 Å². The van der Waals surface area contributed by atoms with Gasteiger partial charge in [0.1, 0.15) is 6.26 Å². The van der Waals surface area contributed by atoms with Gasteiger partial charge in [0.25, 0.3) is 6.01 Å². The van der Waals surface area contributed by atoms with Crippen molar-refractivity contribution in [1.82, 2.24) is 9.88 Å². The van der Waals surface area contributed by atoms with Crippen LogP contribution in [0.4, 0.5) is 6.01 Å². The minimum absolute atomic E-state index is 0.00652. The lowest BCUT2D eigenvalue weighted by molar-refractivity contribution is -0.126. The molecule has 1 amide bonds. The molecule has 0 saturated heterocycles. The summed E-state index contributed by atoms with van der Waals surface area (Å²) in [7, 11) is 3.23. The van der Waals surface area contributed by atoms with Crippen LogP contribution in [0.2, 0.25) is 0 Å². The molecule has 0 bridgehead atoms. The molecule has 0 aromatic carbocycles. The zero-order valence-corrected chi connectivity index (χ0v) is 8.35. The zero-order valence-electron chi connectivity index (χ0n) is 8.35. The first-order chi connectivity index (χ1) is 7.00. The maximum Gasteiger partial charge on any atom is 0.357 e. The average molecular weight is 213 g/mol. The fourth-order valence-corrected chi connectivity index (χ4v) is 0.762. The minimum Gasteiger partial charge on any atom is -0.476 e. The number of nitrogens with one attached hydrogen (secondary N) is 1. The van der Waals surface area contributed by atoms with E-state index in [2.05, 4.69) is 10.3 Å². The minimum atomic E-state index is -1.18. The number of carbonyl (C=O) groups excluding carboxylic acids is 1. The molecule has 0 spiro atoms. The Bertz CT molecular complexity index is 372. The summed E-state index contributed by atoms with van der Waals surface area (Å²) < 4.78 is 4.78. The van der Waals surface area contributed by atoms with Crippen molar-refractivity contribution >= 4 is 17.9 Å². The lowest BCUT2D eigenvalue weighted by Gasteiger charge is -2.09. The number of oxazole rings is 1. The summed E-state index contributed by atoms with van der Waals surface area (Å²) in [5.41, 5.74) is -0.199. The smallest absolute Gasteiger partial charge is 0.357 e. The molecule has 2 N–H and O–H groups in total.